The van der Waals surface area contributed by atoms with E-state index in [0.29, 0.717) is 6.42 Å². The zero-order valence-electron chi connectivity index (χ0n) is 9.60. The van der Waals surface area contributed by atoms with E-state index in [0.717, 1.165) is 19.3 Å². The summed E-state index contributed by atoms with van der Waals surface area (Å²) >= 11 is 0. The van der Waals surface area contributed by atoms with E-state index in [1.807, 2.05) is 0 Å². The van der Waals surface area contributed by atoms with Gasteiger partial charge in [-0.2, -0.15) is 0 Å². The smallest absolute Gasteiger partial charge is 0.152 e. The summed E-state index contributed by atoms with van der Waals surface area (Å²) in [7, 11) is -2.84. The van der Waals surface area contributed by atoms with Crippen LogP contribution in [0.4, 0.5) is 0 Å². The fourth-order valence-corrected chi connectivity index (χ4v) is 4.19. The summed E-state index contributed by atoms with van der Waals surface area (Å²) in [6.07, 6.45) is 6.13. The predicted molar refractivity (Wildman–Crippen MR) is 63.0 cm³/mol. The Kier molecular flexibility index (Phi) is 3.87. The maximum atomic E-state index is 11.3. The van der Waals surface area contributed by atoms with Crippen LogP contribution in [-0.2, 0) is 14.6 Å². The molecule has 5 heteroatoms. The van der Waals surface area contributed by atoms with Crippen molar-refractivity contribution in [3.63, 3.8) is 0 Å². The number of ether oxygens (including phenoxy) is 1. The third-order valence-corrected chi connectivity index (χ3v) is 5.30. The molecule has 1 saturated heterocycles. The molecule has 0 aromatic heterocycles. The van der Waals surface area contributed by atoms with Gasteiger partial charge >= 0.3 is 0 Å². The molecule has 1 aliphatic heterocycles. The molecule has 94 valence electrons. The summed E-state index contributed by atoms with van der Waals surface area (Å²) in [5, 5.41) is 0. The van der Waals surface area contributed by atoms with Crippen LogP contribution in [-0.4, -0.2) is 38.2 Å². The molecule has 0 bridgehead atoms. The van der Waals surface area contributed by atoms with E-state index in [1.54, 1.807) is 0 Å². The molecule has 0 radical (unpaired) electrons. The Balaban J connectivity index is 1.88. The molecular formula is C11H21NO3S. The van der Waals surface area contributed by atoms with Gasteiger partial charge in [-0.1, -0.05) is 19.3 Å². The fourth-order valence-electron chi connectivity index (χ4n) is 2.59. The standard InChI is InChI=1S/C11H21NO3S/c12-10-4-2-1-3-5-11(10)15-9-6-7-16(13,14)8-9/h9-11H,1-8,12H2. The molecule has 2 rings (SSSR count). The summed E-state index contributed by atoms with van der Waals surface area (Å²) in [5.74, 6) is 0.468. The van der Waals surface area contributed by atoms with Crippen molar-refractivity contribution in [1.82, 2.24) is 0 Å². The summed E-state index contributed by atoms with van der Waals surface area (Å²) < 4.78 is 28.5. The van der Waals surface area contributed by atoms with E-state index in [2.05, 4.69) is 0 Å². The van der Waals surface area contributed by atoms with Crippen LogP contribution in [0.3, 0.4) is 0 Å². The summed E-state index contributed by atoms with van der Waals surface area (Å²) in [6.45, 7) is 0. The highest BCUT2D eigenvalue weighted by Gasteiger charge is 2.32. The van der Waals surface area contributed by atoms with Crippen LogP contribution < -0.4 is 5.73 Å². The van der Waals surface area contributed by atoms with Gasteiger partial charge in [0.1, 0.15) is 0 Å². The van der Waals surface area contributed by atoms with E-state index in [1.165, 1.54) is 12.8 Å². The van der Waals surface area contributed by atoms with Gasteiger partial charge in [0.25, 0.3) is 0 Å². The van der Waals surface area contributed by atoms with Gasteiger partial charge in [-0.15, -0.1) is 0 Å². The normalized spacial score (nSPS) is 39.4. The lowest BCUT2D eigenvalue weighted by atomic mass is 10.1. The van der Waals surface area contributed by atoms with Crippen LogP contribution in [0.15, 0.2) is 0 Å². The zero-order valence-corrected chi connectivity index (χ0v) is 10.4. The van der Waals surface area contributed by atoms with Gasteiger partial charge in [0.15, 0.2) is 9.84 Å². The first-order valence-electron chi connectivity index (χ1n) is 6.18. The first-order chi connectivity index (χ1) is 7.57. The van der Waals surface area contributed by atoms with Crippen molar-refractivity contribution in [2.24, 2.45) is 5.73 Å². The summed E-state index contributed by atoms with van der Waals surface area (Å²) in [5.41, 5.74) is 6.05. The van der Waals surface area contributed by atoms with E-state index in [4.69, 9.17) is 10.5 Å². The molecule has 2 N–H and O–H groups in total. The Hall–Kier alpha value is -0.130. The number of hydrogen-bond acceptors (Lipinski definition) is 4. The minimum absolute atomic E-state index is 0.0702. The monoisotopic (exact) mass is 247 g/mol. The van der Waals surface area contributed by atoms with Crippen LogP contribution in [0.2, 0.25) is 0 Å². The van der Waals surface area contributed by atoms with Crippen molar-refractivity contribution in [3.8, 4) is 0 Å². The minimum atomic E-state index is -2.84. The highest BCUT2D eigenvalue weighted by Crippen LogP contribution is 2.24. The average Bonchev–Trinajstić information content (AvgIpc) is 2.41. The van der Waals surface area contributed by atoms with Gasteiger partial charge in [-0.25, -0.2) is 8.42 Å². The molecule has 1 heterocycles. The molecule has 0 amide bonds. The Morgan fingerprint density at radius 1 is 1.06 bits per heavy atom. The molecule has 2 aliphatic rings. The van der Waals surface area contributed by atoms with Crippen LogP contribution in [0.5, 0.6) is 0 Å². The second-order valence-electron chi connectivity index (χ2n) is 5.00. The van der Waals surface area contributed by atoms with Gasteiger partial charge in [-0.05, 0) is 19.3 Å². The largest absolute Gasteiger partial charge is 0.372 e. The van der Waals surface area contributed by atoms with Crippen molar-refractivity contribution in [3.05, 3.63) is 0 Å². The minimum Gasteiger partial charge on any atom is -0.372 e. The highest BCUT2D eigenvalue weighted by molar-refractivity contribution is 7.91. The topological polar surface area (TPSA) is 69.4 Å². The first kappa shape index (κ1) is 12.3. The first-order valence-corrected chi connectivity index (χ1v) is 8.00. The van der Waals surface area contributed by atoms with Crippen molar-refractivity contribution in [2.45, 2.75) is 56.8 Å². The van der Waals surface area contributed by atoms with E-state index in [-0.39, 0.29) is 29.8 Å². The molecule has 16 heavy (non-hydrogen) atoms. The maximum Gasteiger partial charge on any atom is 0.152 e. The van der Waals surface area contributed by atoms with Gasteiger partial charge in [-0.3, -0.25) is 0 Å². The third-order valence-electron chi connectivity index (χ3n) is 3.56. The van der Waals surface area contributed by atoms with Crippen molar-refractivity contribution in [1.29, 1.82) is 0 Å². The van der Waals surface area contributed by atoms with Crippen LogP contribution in [0, 0.1) is 0 Å². The number of hydrogen-bond donors (Lipinski definition) is 1. The lowest BCUT2D eigenvalue weighted by Gasteiger charge is -2.24. The molecule has 2 fully saturated rings. The van der Waals surface area contributed by atoms with Gasteiger partial charge < -0.3 is 10.5 Å². The van der Waals surface area contributed by atoms with E-state index < -0.39 is 9.84 Å². The molecule has 1 saturated carbocycles. The van der Waals surface area contributed by atoms with Crippen molar-refractivity contribution in [2.75, 3.05) is 11.5 Å². The Morgan fingerprint density at radius 2 is 1.81 bits per heavy atom. The second-order valence-corrected chi connectivity index (χ2v) is 7.23. The van der Waals surface area contributed by atoms with Crippen LogP contribution in [0.25, 0.3) is 0 Å². The van der Waals surface area contributed by atoms with E-state index in [9.17, 15) is 8.42 Å². The molecule has 3 unspecified atom stereocenters. The fraction of sp³-hybridized carbons (Fsp3) is 1.00. The second kappa shape index (κ2) is 5.02. The SMILES string of the molecule is NC1CCCCCC1OC1CCS(=O)(=O)C1. The Bertz CT molecular complexity index is 328. The van der Waals surface area contributed by atoms with Crippen molar-refractivity contribution < 1.29 is 13.2 Å². The molecule has 0 aromatic rings. The molecular weight excluding hydrogens is 226 g/mol. The van der Waals surface area contributed by atoms with Crippen molar-refractivity contribution >= 4 is 9.84 Å². The highest BCUT2D eigenvalue weighted by atomic mass is 32.2. The quantitative estimate of drug-likeness (QED) is 0.734. The van der Waals surface area contributed by atoms with Gasteiger partial charge in [0.05, 0.1) is 23.7 Å². The van der Waals surface area contributed by atoms with Gasteiger partial charge in [0.2, 0.25) is 0 Å². The lowest BCUT2D eigenvalue weighted by Crippen LogP contribution is -2.38. The third kappa shape index (κ3) is 3.18. The zero-order chi connectivity index (χ0) is 11.6. The predicted octanol–water partition coefficient (Wildman–Crippen LogP) is 0.850. The number of sulfone groups is 1. The Labute approximate surface area is 97.5 Å². The number of rotatable bonds is 2. The molecule has 0 aromatic carbocycles. The Morgan fingerprint density at radius 3 is 2.50 bits per heavy atom. The van der Waals surface area contributed by atoms with Crippen LogP contribution in [0.1, 0.15) is 38.5 Å². The van der Waals surface area contributed by atoms with E-state index >= 15 is 0 Å². The lowest BCUT2D eigenvalue weighted by molar-refractivity contribution is -0.0151. The maximum absolute atomic E-state index is 11.3. The summed E-state index contributed by atoms with van der Waals surface area (Å²) in [6, 6.07) is 0.0887. The average molecular weight is 247 g/mol. The van der Waals surface area contributed by atoms with Crippen LogP contribution >= 0.6 is 0 Å². The molecule has 3 atom stereocenters. The number of nitrogens with two attached hydrogens (primary N) is 1. The summed E-state index contributed by atoms with van der Waals surface area (Å²) in [4.78, 5) is 0. The molecule has 1 aliphatic carbocycles. The molecule has 4 nitrogen and oxygen atoms in total. The van der Waals surface area contributed by atoms with Gasteiger partial charge in [0, 0.05) is 6.04 Å². The molecule has 0 spiro atoms.